The van der Waals surface area contributed by atoms with Gasteiger partial charge in [-0.05, 0) is 165 Å². The van der Waals surface area contributed by atoms with Gasteiger partial charge >= 0.3 is 18.0 Å². The number of aromatic nitrogens is 6. The summed E-state index contributed by atoms with van der Waals surface area (Å²) in [6.07, 6.45) is 13.7. The zero-order chi connectivity index (χ0) is 80.8. The molecule has 6 aromatic carbocycles. The van der Waals surface area contributed by atoms with E-state index in [0.29, 0.717) is 115 Å². The zero-order valence-electron chi connectivity index (χ0n) is 68.7. The van der Waals surface area contributed by atoms with E-state index >= 15 is 0 Å². The molecule has 117 heavy (non-hydrogen) atoms. The molecule has 0 bridgehead atoms. The molecule has 0 unspecified atom stereocenters. The number of carbonyl (C=O) groups is 3. The third kappa shape index (κ3) is 17.5. The molecular formula is C92H112N18O7. The normalized spacial score (nSPS) is 21.1. The molecule has 612 valence electrons. The Morgan fingerprint density at radius 1 is 0.410 bits per heavy atom. The summed E-state index contributed by atoms with van der Waals surface area (Å²) in [5, 5.41) is 17.6. The van der Waals surface area contributed by atoms with E-state index in [1.54, 1.807) is 6.07 Å². The van der Waals surface area contributed by atoms with Crippen LogP contribution in [0.2, 0.25) is 0 Å². The molecule has 0 radical (unpaired) electrons. The third-order valence-electron chi connectivity index (χ3n) is 25.5. The van der Waals surface area contributed by atoms with Crippen molar-refractivity contribution < 1.29 is 33.7 Å². The lowest BCUT2D eigenvalue weighted by Crippen LogP contribution is -2.54. The molecule has 5 atom stereocenters. The van der Waals surface area contributed by atoms with Crippen LogP contribution in [0, 0.1) is 0 Å². The summed E-state index contributed by atoms with van der Waals surface area (Å²) in [5.41, 5.74) is 10.0. The molecule has 0 aliphatic carbocycles. The van der Waals surface area contributed by atoms with Crippen LogP contribution in [-0.2, 0) is 53.3 Å². The molecule has 6 saturated heterocycles. The number of piperazine rings is 3. The molecule has 12 heterocycles. The van der Waals surface area contributed by atoms with Crippen LogP contribution < -0.4 is 43.6 Å². The Labute approximate surface area is 687 Å². The molecule has 9 aliphatic heterocycles. The fraction of sp³-hybridized carbons (Fsp3) is 0.446. The molecule has 18 rings (SSSR count). The van der Waals surface area contributed by atoms with Crippen molar-refractivity contribution >= 4 is 84.6 Å². The highest BCUT2D eigenvalue weighted by atomic mass is 16.5. The number of likely N-dealkylation sites (N-methyl/N-ethyl adjacent to an activating group) is 3. The van der Waals surface area contributed by atoms with Gasteiger partial charge in [0.05, 0.1) is 36.7 Å². The van der Waals surface area contributed by atoms with E-state index in [2.05, 4.69) is 190 Å². The number of phenols is 1. The number of ether oxygens (including phenoxy) is 3. The lowest BCUT2D eigenvalue weighted by Gasteiger charge is -2.42. The maximum Gasteiger partial charge on any atom is 0.318 e. The number of aromatic hydroxyl groups is 1. The minimum atomic E-state index is -0.0325. The number of hydrogen-bond donors (Lipinski definition) is 1. The molecule has 9 aromatic rings. The lowest BCUT2D eigenvalue weighted by molar-refractivity contribution is -0.128. The van der Waals surface area contributed by atoms with E-state index in [1.165, 1.54) is 81.5 Å². The van der Waals surface area contributed by atoms with Crippen molar-refractivity contribution in [2.24, 2.45) is 0 Å². The number of fused-ring (bicyclic) bond motifs is 6. The van der Waals surface area contributed by atoms with Gasteiger partial charge in [0.15, 0.2) is 0 Å². The first kappa shape index (κ1) is 79.7. The molecule has 0 saturated carbocycles. The predicted molar refractivity (Wildman–Crippen MR) is 463 cm³/mol. The molecule has 0 spiro atoms. The van der Waals surface area contributed by atoms with Gasteiger partial charge in [-0.1, -0.05) is 117 Å². The summed E-state index contributed by atoms with van der Waals surface area (Å²) >= 11 is 0. The van der Waals surface area contributed by atoms with Crippen LogP contribution in [0.5, 0.6) is 23.8 Å². The number of benzene rings is 6. The van der Waals surface area contributed by atoms with Crippen molar-refractivity contribution in [1.82, 2.24) is 59.3 Å². The Hall–Kier alpha value is -11.2. The topological polar surface area (TPSA) is 215 Å². The van der Waals surface area contributed by atoms with Gasteiger partial charge in [-0.15, -0.1) is 0 Å². The van der Waals surface area contributed by atoms with Gasteiger partial charge in [0.25, 0.3) is 0 Å². The van der Waals surface area contributed by atoms with E-state index < -0.39 is 0 Å². The second-order valence-electron chi connectivity index (χ2n) is 32.8. The largest absolute Gasteiger partial charge is 0.508 e. The standard InChI is InChI=1S/C31H38N6O3.C31H38N6O2.C30H36N6O2/c1-4-29(39)36-14-15-37(21(2)18-36)30-26-11-13-35(28-17-24(38)16-22-8-5-6-10-25(22)28)19-27(26)32-31(33-30)40-20-23-9-7-12-34(23)3;1-4-29(38)37-18-17-36(19-22(37)2)30-26-14-16-35(28-13-7-10-23-9-5-6-12-25(23)28)20-27(26)32-31(33-30)39-21-24-11-8-15-34(24)3;1-3-28(37)34-16-18-35(19-17-34)29-25-13-15-36(27-12-6-9-22-8-4-5-11-24(22)27)20-26(25)31-30(32-29)38-21-23-10-7-14-33(23)2/h4-6,8,10,16-17,21,23,38H,1,7,9,11-15,18-20H2,2-3H3;4-7,9-10,12-13,22,24H,1,8,11,14-21H2,2-3H3;3-6,8-9,11-12,23H,1,7,10,13-21H2,2H3/t21-,23-;22-,24+;23-/m010/s1. The smallest absolute Gasteiger partial charge is 0.318 e. The molecule has 3 amide bonds. The van der Waals surface area contributed by atoms with Crippen molar-refractivity contribution in [2.45, 2.75) is 121 Å². The summed E-state index contributed by atoms with van der Waals surface area (Å²) in [7, 11) is 6.46. The van der Waals surface area contributed by atoms with Gasteiger partial charge in [0.2, 0.25) is 17.7 Å². The molecule has 9 aliphatic rings. The highest BCUT2D eigenvalue weighted by molar-refractivity contribution is 5.97. The number of likely N-dealkylation sites (tertiary alicyclic amines) is 3. The summed E-state index contributed by atoms with van der Waals surface area (Å²) < 4.78 is 18.8. The Morgan fingerprint density at radius 2 is 0.821 bits per heavy atom. The molecule has 25 heteroatoms. The number of carbonyl (C=O) groups excluding carboxylic acids is 3. The van der Waals surface area contributed by atoms with E-state index in [4.69, 9.17) is 44.1 Å². The molecule has 1 N–H and O–H groups in total. The second-order valence-corrected chi connectivity index (χ2v) is 32.8. The minimum Gasteiger partial charge on any atom is -0.508 e. The van der Waals surface area contributed by atoms with Gasteiger partial charge in [-0.25, -0.2) is 0 Å². The lowest BCUT2D eigenvalue weighted by atomic mass is 10.0. The number of amides is 3. The zero-order valence-corrected chi connectivity index (χ0v) is 68.7. The van der Waals surface area contributed by atoms with Gasteiger partial charge < -0.3 is 78.1 Å². The van der Waals surface area contributed by atoms with Crippen molar-refractivity contribution in [3.8, 4) is 23.8 Å². The summed E-state index contributed by atoms with van der Waals surface area (Å²) in [4.78, 5) is 93.4. The quantitative estimate of drug-likeness (QED) is 0.0790. The highest BCUT2D eigenvalue weighted by Crippen LogP contribution is 2.41. The fourth-order valence-corrected chi connectivity index (χ4v) is 18.8. The number of hydrogen-bond acceptors (Lipinski definition) is 22. The number of rotatable bonds is 18. The van der Waals surface area contributed by atoms with Crippen LogP contribution >= 0.6 is 0 Å². The average Bonchev–Trinajstić information content (AvgIpc) is 1.67. The minimum absolute atomic E-state index is 0.00944. The Balaban J connectivity index is 0.000000131. The predicted octanol–water partition coefficient (Wildman–Crippen LogP) is 11.0. The summed E-state index contributed by atoms with van der Waals surface area (Å²) in [6, 6.07) is 44.6. The average molecular weight is 1580 g/mol. The Morgan fingerprint density at radius 3 is 1.28 bits per heavy atom. The van der Waals surface area contributed by atoms with Crippen LogP contribution in [0.1, 0.15) is 86.1 Å². The van der Waals surface area contributed by atoms with Crippen molar-refractivity contribution in [3.05, 3.63) is 193 Å². The van der Waals surface area contributed by atoms with Crippen LogP contribution in [0.15, 0.2) is 159 Å². The highest BCUT2D eigenvalue weighted by Gasteiger charge is 2.37. The molecule has 6 fully saturated rings. The second kappa shape index (κ2) is 35.7. The molecule has 25 nitrogen and oxygen atoms in total. The third-order valence-corrected chi connectivity index (χ3v) is 25.5. The SMILES string of the molecule is C=CC(=O)N1CCN(c2nc(OC[C@@H]3CCCN3C)nc3c2CCN(c2cc(O)cc4ccccc24)C3)[C@@H](C)C1.C=CC(=O)N1CCN(c2nc(OC[C@@H]3CCCN3C)nc3c2CCN(c2cccc4ccccc24)C3)CC1.C=CC(=O)N1CCN(c2nc(OC[C@@H]3CCCN3C)nc3c2CCN(c2cccc4ccccc24)C3)C[C@H]1C. The van der Waals surface area contributed by atoms with Crippen LogP contribution in [0.4, 0.5) is 34.5 Å². The van der Waals surface area contributed by atoms with Gasteiger partial charge in [0.1, 0.15) is 43.0 Å². The number of nitrogens with zero attached hydrogens (tertiary/aromatic N) is 18. The van der Waals surface area contributed by atoms with Crippen molar-refractivity contribution in [3.63, 3.8) is 0 Å². The van der Waals surface area contributed by atoms with Gasteiger partial charge in [0, 0.05) is 171 Å². The number of phenolic OH excluding ortho intramolecular Hbond substituents is 1. The Kier molecular flexibility index (Phi) is 24.3. The molecular weight excluding hydrogens is 1470 g/mol. The first-order valence-corrected chi connectivity index (χ1v) is 42.2. The van der Waals surface area contributed by atoms with Crippen LogP contribution in [0.25, 0.3) is 32.3 Å². The van der Waals surface area contributed by atoms with Crippen LogP contribution in [0.3, 0.4) is 0 Å². The maximum atomic E-state index is 12.3. The first-order valence-electron chi connectivity index (χ1n) is 42.2. The fourth-order valence-electron chi connectivity index (χ4n) is 18.8. The number of anilines is 6. The van der Waals surface area contributed by atoms with Gasteiger partial charge in [-0.2, -0.15) is 29.9 Å². The monoisotopic (exact) mass is 1580 g/mol. The van der Waals surface area contributed by atoms with Crippen molar-refractivity contribution in [1.29, 1.82) is 0 Å². The summed E-state index contributed by atoms with van der Waals surface area (Å²) in [5.74, 6) is 3.05. The van der Waals surface area contributed by atoms with E-state index in [1.807, 2.05) is 39.0 Å². The van der Waals surface area contributed by atoms with Crippen molar-refractivity contribution in [2.75, 3.05) is 175 Å². The molecule has 3 aromatic heterocycles. The van der Waals surface area contributed by atoms with E-state index in [-0.39, 0.29) is 35.6 Å². The summed E-state index contributed by atoms with van der Waals surface area (Å²) in [6.45, 7) is 31.7. The first-order chi connectivity index (χ1) is 57.0. The van der Waals surface area contributed by atoms with Crippen LogP contribution in [-0.4, -0.2) is 258 Å². The maximum absolute atomic E-state index is 12.3. The van der Waals surface area contributed by atoms with Gasteiger partial charge in [-0.3, -0.25) is 14.4 Å². The Bertz CT molecular complexity index is 5120. The van der Waals surface area contributed by atoms with E-state index in [9.17, 15) is 19.5 Å². The van der Waals surface area contributed by atoms with E-state index in [0.717, 1.165) is 161 Å².